The molecular weight excluding hydrogens is 311 g/mol. The minimum Gasteiger partial charge on any atom is -0.353 e. The summed E-state index contributed by atoms with van der Waals surface area (Å²) in [7, 11) is 0. The van der Waals surface area contributed by atoms with E-state index in [0.717, 1.165) is 12.1 Å². The molecule has 2 rings (SSSR count). The van der Waals surface area contributed by atoms with Gasteiger partial charge in [-0.1, -0.05) is 13.0 Å². The average Bonchev–Trinajstić information content (AvgIpc) is 2.48. The molecular formula is C15H18F3N3O2. The molecule has 0 bridgehead atoms. The molecule has 23 heavy (non-hydrogen) atoms. The van der Waals surface area contributed by atoms with E-state index < -0.39 is 23.8 Å². The molecule has 0 spiro atoms. The van der Waals surface area contributed by atoms with Crippen molar-refractivity contribution in [2.75, 3.05) is 18.4 Å². The van der Waals surface area contributed by atoms with E-state index in [4.69, 9.17) is 0 Å². The number of amides is 3. The number of piperazine rings is 1. The number of carbonyl (C=O) groups is 2. The molecule has 1 atom stereocenters. The van der Waals surface area contributed by atoms with Crippen LogP contribution in [0.25, 0.3) is 0 Å². The SMILES string of the molecule is CC[C@@H]1C(=O)NCCN1C(=O)Nc1cc(C(F)(F)F)ccc1C. The van der Waals surface area contributed by atoms with Crippen molar-refractivity contribution in [2.24, 2.45) is 0 Å². The number of alkyl halides is 3. The van der Waals surface area contributed by atoms with Crippen molar-refractivity contribution in [1.82, 2.24) is 10.2 Å². The third kappa shape index (κ3) is 3.75. The number of carbonyl (C=O) groups excluding carboxylic acids is 2. The molecule has 0 aromatic heterocycles. The first-order valence-electron chi connectivity index (χ1n) is 7.27. The quantitative estimate of drug-likeness (QED) is 0.876. The second kappa shape index (κ2) is 6.47. The lowest BCUT2D eigenvalue weighted by Crippen LogP contribution is -2.57. The molecule has 0 aliphatic carbocycles. The highest BCUT2D eigenvalue weighted by molar-refractivity contribution is 5.95. The molecule has 2 N–H and O–H groups in total. The van der Waals surface area contributed by atoms with Crippen LogP contribution >= 0.6 is 0 Å². The Labute approximate surface area is 131 Å². The van der Waals surface area contributed by atoms with Gasteiger partial charge in [0.1, 0.15) is 6.04 Å². The topological polar surface area (TPSA) is 61.4 Å². The number of aryl methyl sites for hydroxylation is 1. The molecule has 1 fully saturated rings. The Bertz CT molecular complexity index is 616. The van der Waals surface area contributed by atoms with Crippen LogP contribution in [0.5, 0.6) is 0 Å². The summed E-state index contributed by atoms with van der Waals surface area (Å²) in [6.07, 6.45) is -4.05. The van der Waals surface area contributed by atoms with Gasteiger partial charge in [0.15, 0.2) is 0 Å². The van der Waals surface area contributed by atoms with E-state index in [1.54, 1.807) is 13.8 Å². The van der Waals surface area contributed by atoms with Gasteiger partial charge in [0.25, 0.3) is 0 Å². The van der Waals surface area contributed by atoms with E-state index in [1.165, 1.54) is 11.0 Å². The maximum Gasteiger partial charge on any atom is 0.416 e. The van der Waals surface area contributed by atoms with E-state index in [9.17, 15) is 22.8 Å². The molecule has 126 valence electrons. The summed E-state index contributed by atoms with van der Waals surface area (Å²) in [4.78, 5) is 25.5. The van der Waals surface area contributed by atoms with Crippen LogP contribution in [0.15, 0.2) is 18.2 Å². The fourth-order valence-corrected chi connectivity index (χ4v) is 2.48. The Morgan fingerprint density at radius 1 is 1.43 bits per heavy atom. The fraction of sp³-hybridized carbons (Fsp3) is 0.467. The standard InChI is InChI=1S/C15H18F3N3O2/c1-3-12-13(22)19-6-7-21(12)14(23)20-11-8-10(15(16,17)18)5-4-9(11)2/h4-5,8,12H,3,6-7H2,1-2H3,(H,19,22)(H,20,23)/t12-/m1/s1. The Hall–Kier alpha value is -2.25. The van der Waals surface area contributed by atoms with Gasteiger partial charge in [-0.05, 0) is 31.0 Å². The van der Waals surface area contributed by atoms with E-state index in [-0.39, 0.29) is 11.6 Å². The second-order valence-corrected chi connectivity index (χ2v) is 5.37. The number of rotatable bonds is 2. The summed E-state index contributed by atoms with van der Waals surface area (Å²) in [5, 5.41) is 5.15. The molecule has 0 unspecified atom stereocenters. The Kier molecular flexibility index (Phi) is 4.82. The lowest BCUT2D eigenvalue weighted by Gasteiger charge is -2.34. The molecule has 5 nitrogen and oxygen atoms in total. The smallest absolute Gasteiger partial charge is 0.353 e. The first-order chi connectivity index (χ1) is 10.7. The summed E-state index contributed by atoms with van der Waals surface area (Å²) >= 11 is 0. The van der Waals surface area contributed by atoms with Gasteiger partial charge in [0.2, 0.25) is 5.91 Å². The second-order valence-electron chi connectivity index (χ2n) is 5.37. The summed E-state index contributed by atoms with van der Waals surface area (Å²) in [6.45, 7) is 4.01. The summed E-state index contributed by atoms with van der Waals surface area (Å²) in [5.41, 5.74) is -0.228. The van der Waals surface area contributed by atoms with Crippen molar-refractivity contribution >= 4 is 17.6 Å². The average molecular weight is 329 g/mol. The highest BCUT2D eigenvalue weighted by Crippen LogP contribution is 2.32. The molecule has 1 heterocycles. The van der Waals surface area contributed by atoms with Gasteiger partial charge in [0, 0.05) is 18.8 Å². The van der Waals surface area contributed by atoms with Gasteiger partial charge in [-0.15, -0.1) is 0 Å². The minimum atomic E-state index is -4.48. The van der Waals surface area contributed by atoms with E-state index in [1.807, 2.05) is 0 Å². The number of urea groups is 1. The van der Waals surface area contributed by atoms with Crippen LogP contribution in [0.2, 0.25) is 0 Å². The number of benzene rings is 1. The van der Waals surface area contributed by atoms with E-state index >= 15 is 0 Å². The van der Waals surface area contributed by atoms with Gasteiger partial charge in [-0.2, -0.15) is 13.2 Å². The molecule has 1 aromatic carbocycles. The van der Waals surface area contributed by atoms with Crippen LogP contribution in [0.3, 0.4) is 0 Å². The van der Waals surface area contributed by atoms with Crippen LogP contribution in [-0.4, -0.2) is 36.0 Å². The zero-order valence-corrected chi connectivity index (χ0v) is 12.8. The zero-order chi connectivity index (χ0) is 17.2. The Morgan fingerprint density at radius 3 is 2.74 bits per heavy atom. The zero-order valence-electron chi connectivity index (χ0n) is 12.8. The first kappa shape index (κ1) is 17.1. The van der Waals surface area contributed by atoms with Crippen LogP contribution in [0.1, 0.15) is 24.5 Å². The maximum absolute atomic E-state index is 12.8. The normalized spacial score (nSPS) is 18.6. The van der Waals surface area contributed by atoms with Gasteiger partial charge in [-0.25, -0.2) is 4.79 Å². The van der Waals surface area contributed by atoms with Gasteiger partial charge < -0.3 is 15.5 Å². The number of nitrogens with one attached hydrogen (secondary N) is 2. The number of hydrogen-bond acceptors (Lipinski definition) is 2. The predicted molar refractivity (Wildman–Crippen MR) is 79.0 cm³/mol. The van der Waals surface area contributed by atoms with Gasteiger partial charge >= 0.3 is 12.2 Å². The minimum absolute atomic E-state index is 0.0886. The van der Waals surface area contributed by atoms with Crippen LogP contribution < -0.4 is 10.6 Å². The molecule has 3 amide bonds. The molecule has 0 radical (unpaired) electrons. The molecule has 1 saturated heterocycles. The molecule has 8 heteroatoms. The highest BCUT2D eigenvalue weighted by atomic mass is 19.4. The number of anilines is 1. The third-order valence-corrected chi connectivity index (χ3v) is 3.78. The largest absolute Gasteiger partial charge is 0.416 e. The molecule has 0 saturated carbocycles. The van der Waals surface area contributed by atoms with Crippen molar-refractivity contribution in [3.05, 3.63) is 29.3 Å². The summed E-state index contributed by atoms with van der Waals surface area (Å²) in [5.74, 6) is -0.255. The lowest BCUT2D eigenvalue weighted by atomic mass is 10.1. The first-order valence-corrected chi connectivity index (χ1v) is 7.27. The summed E-state index contributed by atoms with van der Waals surface area (Å²) < 4.78 is 38.4. The lowest BCUT2D eigenvalue weighted by molar-refractivity contribution is -0.137. The van der Waals surface area contributed by atoms with Crippen molar-refractivity contribution in [2.45, 2.75) is 32.5 Å². The van der Waals surface area contributed by atoms with Gasteiger partial charge in [0.05, 0.1) is 5.56 Å². The van der Waals surface area contributed by atoms with Crippen molar-refractivity contribution in [3.8, 4) is 0 Å². The maximum atomic E-state index is 12.8. The van der Waals surface area contributed by atoms with Crippen molar-refractivity contribution in [3.63, 3.8) is 0 Å². The summed E-state index contributed by atoms with van der Waals surface area (Å²) in [6, 6.07) is 1.98. The highest BCUT2D eigenvalue weighted by Gasteiger charge is 2.33. The van der Waals surface area contributed by atoms with Gasteiger partial charge in [-0.3, -0.25) is 4.79 Å². The molecule has 1 aliphatic rings. The van der Waals surface area contributed by atoms with E-state index in [2.05, 4.69) is 10.6 Å². The predicted octanol–water partition coefficient (Wildman–Crippen LogP) is 2.76. The number of nitrogens with zero attached hydrogens (tertiary/aromatic N) is 1. The number of halogens is 3. The van der Waals surface area contributed by atoms with Crippen LogP contribution in [0, 0.1) is 6.92 Å². The van der Waals surface area contributed by atoms with Crippen LogP contribution in [0.4, 0.5) is 23.7 Å². The van der Waals surface area contributed by atoms with Crippen molar-refractivity contribution < 1.29 is 22.8 Å². The van der Waals surface area contributed by atoms with Crippen molar-refractivity contribution in [1.29, 1.82) is 0 Å². The fourth-order valence-electron chi connectivity index (χ4n) is 2.48. The molecule has 1 aliphatic heterocycles. The Balaban J connectivity index is 2.21. The Morgan fingerprint density at radius 2 is 2.13 bits per heavy atom. The third-order valence-electron chi connectivity index (χ3n) is 3.78. The molecule has 1 aromatic rings. The monoisotopic (exact) mass is 329 g/mol. The van der Waals surface area contributed by atoms with Crippen LogP contribution in [-0.2, 0) is 11.0 Å². The number of hydrogen-bond donors (Lipinski definition) is 2. The van der Waals surface area contributed by atoms with E-state index in [0.29, 0.717) is 25.1 Å².